The zero-order valence-corrected chi connectivity index (χ0v) is 8.18. The number of halogens is 1. The Balaban J connectivity index is 3.31. The van der Waals surface area contributed by atoms with Crippen LogP contribution in [0.5, 0.6) is 0 Å². The number of carbonyl (C=O) groups excluding carboxylic acids is 1. The van der Waals surface area contributed by atoms with Gasteiger partial charge in [-0.15, -0.1) is 0 Å². The molecule has 0 unspecified atom stereocenters. The van der Waals surface area contributed by atoms with Crippen molar-refractivity contribution in [3.63, 3.8) is 0 Å². The van der Waals surface area contributed by atoms with E-state index in [2.05, 4.69) is 15.9 Å². The van der Waals surface area contributed by atoms with Crippen molar-refractivity contribution in [3.05, 3.63) is 27.7 Å². The first-order valence-corrected chi connectivity index (χ1v) is 4.17. The summed E-state index contributed by atoms with van der Waals surface area (Å²) in [7, 11) is 0. The molecule has 0 radical (unpaired) electrons. The van der Waals surface area contributed by atoms with E-state index in [4.69, 9.17) is 11.5 Å². The molecule has 0 spiro atoms. The van der Waals surface area contributed by atoms with Crippen molar-refractivity contribution in [1.29, 1.82) is 0 Å². The molecular formula is C8H9BrN2O. The summed E-state index contributed by atoms with van der Waals surface area (Å²) in [4.78, 5) is 10.8. The second kappa shape index (κ2) is 3.15. The molecule has 64 valence electrons. The van der Waals surface area contributed by atoms with Gasteiger partial charge in [-0.05, 0) is 40.5 Å². The molecule has 0 aliphatic rings. The van der Waals surface area contributed by atoms with Crippen LogP contribution < -0.4 is 11.5 Å². The number of carbonyl (C=O) groups is 1. The topological polar surface area (TPSA) is 69.1 Å². The predicted octanol–water partition coefficient (Wildman–Crippen LogP) is 1.44. The minimum absolute atomic E-state index is 0.446. The van der Waals surface area contributed by atoms with Crippen LogP contribution in [0.1, 0.15) is 15.9 Å². The molecule has 0 aromatic heterocycles. The lowest BCUT2D eigenvalue weighted by Gasteiger charge is -2.04. The predicted molar refractivity (Wildman–Crippen MR) is 51.8 cm³/mol. The third-order valence-electron chi connectivity index (χ3n) is 1.62. The Morgan fingerprint density at radius 1 is 1.50 bits per heavy atom. The molecule has 0 saturated carbocycles. The highest BCUT2D eigenvalue weighted by Crippen LogP contribution is 2.24. The zero-order chi connectivity index (χ0) is 9.30. The summed E-state index contributed by atoms with van der Waals surface area (Å²) in [5.74, 6) is -0.446. The molecule has 0 bridgehead atoms. The van der Waals surface area contributed by atoms with Crippen LogP contribution in [0.2, 0.25) is 0 Å². The van der Waals surface area contributed by atoms with Crippen molar-refractivity contribution < 1.29 is 4.79 Å². The number of amides is 1. The maximum Gasteiger partial charge on any atom is 0.248 e. The monoisotopic (exact) mass is 228 g/mol. The molecule has 12 heavy (non-hydrogen) atoms. The van der Waals surface area contributed by atoms with Gasteiger partial charge < -0.3 is 11.5 Å². The summed E-state index contributed by atoms with van der Waals surface area (Å²) >= 11 is 3.23. The van der Waals surface area contributed by atoms with E-state index in [1.165, 1.54) is 0 Å². The quantitative estimate of drug-likeness (QED) is 0.715. The van der Waals surface area contributed by atoms with Gasteiger partial charge in [0.25, 0.3) is 0 Å². The highest BCUT2D eigenvalue weighted by molar-refractivity contribution is 9.10. The molecule has 1 rings (SSSR count). The van der Waals surface area contributed by atoms with Gasteiger partial charge in [0.2, 0.25) is 5.91 Å². The molecule has 0 saturated heterocycles. The van der Waals surface area contributed by atoms with E-state index < -0.39 is 5.91 Å². The molecule has 0 atom stereocenters. The Hall–Kier alpha value is -1.03. The van der Waals surface area contributed by atoms with Crippen molar-refractivity contribution in [1.82, 2.24) is 0 Å². The molecule has 1 aromatic carbocycles. The van der Waals surface area contributed by atoms with Gasteiger partial charge in [-0.2, -0.15) is 0 Å². The van der Waals surface area contributed by atoms with Crippen molar-refractivity contribution in [2.45, 2.75) is 6.92 Å². The number of nitrogen functional groups attached to an aromatic ring is 1. The lowest BCUT2D eigenvalue weighted by Crippen LogP contribution is -2.11. The third kappa shape index (κ3) is 1.58. The molecule has 1 aromatic rings. The van der Waals surface area contributed by atoms with Gasteiger partial charge in [0.15, 0.2) is 0 Å². The Kier molecular flexibility index (Phi) is 2.38. The number of anilines is 1. The lowest BCUT2D eigenvalue weighted by atomic mass is 10.1. The van der Waals surface area contributed by atoms with Gasteiger partial charge in [-0.25, -0.2) is 0 Å². The summed E-state index contributed by atoms with van der Waals surface area (Å²) in [5.41, 5.74) is 12.7. The standard InChI is InChI=1S/C8H9BrN2O/c1-4-2-5(8(11)12)3-6(9)7(4)10/h2-3H,10H2,1H3,(H2,11,12). The van der Waals surface area contributed by atoms with Crippen LogP contribution >= 0.6 is 15.9 Å². The second-order valence-corrected chi connectivity index (χ2v) is 3.41. The molecular weight excluding hydrogens is 220 g/mol. The minimum Gasteiger partial charge on any atom is -0.398 e. The van der Waals surface area contributed by atoms with E-state index in [0.29, 0.717) is 15.7 Å². The van der Waals surface area contributed by atoms with E-state index in [1.54, 1.807) is 12.1 Å². The van der Waals surface area contributed by atoms with E-state index in [0.717, 1.165) is 5.56 Å². The first-order chi connectivity index (χ1) is 5.52. The van der Waals surface area contributed by atoms with E-state index in [9.17, 15) is 4.79 Å². The fourth-order valence-corrected chi connectivity index (χ4v) is 1.46. The molecule has 4 N–H and O–H groups in total. The van der Waals surface area contributed by atoms with Crippen LogP contribution in [0.25, 0.3) is 0 Å². The average Bonchev–Trinajstić information content (AvgIpc) is 1.99. The summed E-state index contributed by atoms with van der Waals surface area (Å²) < 4.78 is 0.705. The lowest BCUT2D eigenvalue weighted by molar-refractivity contribution is 0.1000. The van der Waals surface area contributed by atoms with Crippen LogP contribution in [0.15, 0.2) is 16.6 Å². The van der Waals surface area contributed by atoms with Gasteiger partial charge in [0.1, 0.15) is 0 Å². The molecule has 0 fully saturated rings. The fourth-order valence-electron chi connectivity index (χ4n) is 0.898. The summed E-state index contributed by atoms with van der Waals surface area (Å²) in [6.45, 7) is 1.83. The maximum absolute atomic E-state index is 10.8. The third-order valence-corrected chi connectivity index (χ3v) is 2.28. The SMILES string of the molecule is Cc1cc(C(N)=O)cc(Br)c1N. The Morgan fingerprint density at radius 2 is 2.08 bits per heavy atom. The second-order valence-electron chi connectivity index (χ2n) is 2.55. The number of primary amides is 1. The van der Waals surface area contributed by atoms with Crippen LogP contribution in [-0.4, -0.2) is 5.91 Å². The van der Waals surface area contributed by atoms with Crippen molar-refractivity contribution in [2.24, 2.45) is 5.73 Å². The summed E-state index contributed by atoms with van der Waals surface area (Å²) in [6, 6.07) is 3.28. The summed E-state index contributed by atoms with van der Waals surface area (Å²) in [5, 5.41) is 0. The summed E-state index contributed by atoms with van der Waals surface area (Å²) in [6.07, 6.45) is 0. The molecule has 0 aliphatic carbocycles. The van der Waals surface area contributed by atoms with Gasteiger partial charge in [-0.1, -0.05) is 0 Å². The Morgan fingerprint density at radius 3 is 2.50 bits per heavy atom. The molecule has 4 heteroatoms. The highest BCUT2D eigenvalue weighted by atomic mass is 79.9. The molecule has 0 aliphatic heterocycles. The largest absolute Gasteiger partial charge is 0.398 e. The number of aryl methyl sites for hydroxylation is 1. The van der Waals surface area contributed by atoms with Gasteiger partial charge in [0, 0.05) is 15.7 Å². The van der Waals surface area contributed by atoms with Crippen LogP contribution in [0.4, 0.5) is 5.69 Å². The van der Waals surface area contributed by atoms with Crippen molar-refractivity contribution in [2.75, 3.05) is 5.73 Å². The van der Waals surface area contributed by atoms with Crippen LogP contribution in [0, 0.1) is 6.92 Å². The van der Waals surface area contributed by atoms with Gasteiger partial charge in [0.05, 0.1) is 0 Å². The smallest absolute Gasteiger partial charge is 0.248 e. The van der Waals surface area contributed by atoms with E-state index in [1.807, 2.05) is 6.92 Å². The number of nitrogens with two attached hydrogens (primary N) is 2. The Labute approximate surface area is 78.9 Å². The van der Waals surface area contributed by atoms with Crippen molar-refractivity contribution in [3.8, 4) is 0 Å². The Bertz CT molecular complexity index is 313. The molecule has 1 amide bonds. The average molecular weight is 229 g/mol. The minimum atomic E-state index is -0.446. The van der Waals surface area contributed by atoms with Gasteiger partial charge >= 0.3 is 0 Å². The van der Waals surface area contributed by atoms with Crippen LogP contribution in [-0.2, 0) is 0 Å². The van der Waals surface area contributed by atoms with Crippen LogP contribution in [0.3, 0.4) is 0 Å². The molecule has 0 heterocycles. The number of rotatable bonds is 1. The zero-order valence-electron chi connectivity index (χ0n) is 6.60. The number of benzene rings is 1. The number of hydrogen-bond donors (Lipinski definition) is 2. The van der Waals surface area contributed by atoms with E-state index in [-0.39, 0.29) is 0 Å². The fraction of sp³-hybridized carbons (Fsp3) is 0.125. The van der Waals surface area contributed by atoms with Crippen molar-refractivity contribution >= 4 is 27.5 Å². The highest BCUT2D eigenvalue weighted by Gasteiger charge is 2.05. The molecule has 3 nitrogen and oxygen atoms in total. The normalized spacial score (nSPS) is 9.83. The first kappa shape index (κ1) is 9.06. The van der Waals surface area contributed by atoms with E-state index >= 15 is 0 Å². The maximum atomic E-state index is 10.8. The number of hydrogen-bond acceptors (Lipinski definition) is 2. The first-order valence-electron chi connectivity index (χ1n) is 3.38. The van der Waals surface area contributed by atoms with Gasteiger partial charge in [-0.3, -0.25) is 4.79 Å².